The van der Waals surface area contributed by atoms with Gasteiger partial charge in [0.2, 0.25) is 0 Å². The summed E-state index contributed by atoms with van der Waals surface area (Å²) in [6, 6.07) is 6.87. The maximum Gasteiger partial charge on any atom is 0.145 e. The fourth-order valence-corrected chi connectivity index (χ4v) is 6.87. The predicted molar refractivity (Wildman–Crippen MR) is 145 cm³/mol. The summed E-state index contributed by atoms with van der Waals surface area (Å²) in [5.41, 5.74) is 31.2. The van der Waals surface area contributed by atoms with Gasteiger partial charge < -0.3 is 68.4 Å². The third-order valence-electron chi connectivity index (χ3n) is 9.18. The quantitative estimate of drug-likeness (QED) is 0.136. The second-order valence-corrected chi connectivity index (χ2v) is 11.7. The average molecular weight is 570 g/mol. The van der Waals surface area contributed by atoms with Crippen LogP contribution in [0, 0.1) is 17.8 Å². The zero-order valence-electron chi connectivity index (χ0n) is 22.9. The van der Waals surface area contributed by atoms with Gasteiger partial charge in [0, 0.05) is 49.4 Å². The van der Waals surface area contributed by atoms with Crippen molar-refractivity contribution in [2.45, 2.75) is 99.1 Å². The van der Waals surface area contributed by atoms with E-state index in [-0.39, 0.29) is 32.6 Å². The molecule has 0 bridgehead atoms. The third-order valence-corrected chi connectivity index (χ3v) is 9.18. The number of nitrogens with two attached hydrogens (primary N) is 5. The van der Waals surface area contributed by atoms with Crippen LogP contribution in [0.5, 0.6) is 0 Å². The van der Waals surface area contributed by atoms with E-state index in [1.807, 2.05) is 30.3 Å². The van der Waals surface area contributed by atoms with Crippen LogP contribution in [-0.4, -0.2) is 111 Å². The second kappa shape index (κ2) is 12.9. The lowest BCUT2D eigenvalue weighted by Gasteiger charge is -2.57. The van der Waals surface area contributed by atoms with Crippen molar-refractivity contribution in [1.29, 1.82) is 0 Å². The Hall–Kier alpha value is -1.30. The van der Waals surface area contributed by atoms with Crippen molar-refractivity contribution in [1.82, 2.24) is 0 Å². The Morgan fingerprint density at radius 2 is 1.60 bits per heavy atom. The van der Waals surface area contributed by atoms with Gasteiger partial charge in [0.05, 0.1) is 43.2 Å². The summed E-state index contributed by atoms with van der Waals surface area (Å²) in [7, 11) is 0. The molecule has 1 aromatic carbocycles. The van der Waals surface area contributed by atoms with Crippen molar-refractivity contribution in [2.75, 3.05) is 13.2 Å². The highest BCUT2D eigenvalue weighted by Crippen LogP contribution is 2.46. The number of rotatable bonds is 8. The third kappa shape index (κ3) is 5.95. The van der Waals surface area contributed by atoms with Gasteiger partial charge in [-0.05, 0) is 18.9 Å². The van der Waals surface area contributed by atoms with Crippen LogP contribution < -0.4 is 28.7 Å². The fourth-order valence-electron chi connectivity index (χ4n) is 6.87. The molecule has 4 rings (SSSR count). The van der Waals surface area contributed by atoms with E-state index in [2.05, 4.69) is 0 Å². The molecule has 15 N–H and O–H groups in total. The number of aliphatic hydroxyl groups excluding tert-OH is 5. The van der Waals surface area contributed by atoms with E-state index in [0.29, 0.717) is 0 Å². The minimum absolute atomic E-state index is 0.00135. The summed E-state index contributed by atoms with van der Waals surface area (Å²) < 4.78 is 18.5. The first-order valence-corrected chi connectivity index (χ1v) is 14.0. The molecular formula is C27H47N5O8. The van der Waals surface area contributed by atoms with Crippen LogP contribution in [-0.2, 0) is 20.8 Å². The largest absolute Gasteiger partial charge is 0.396 e. The monoisotopic (exact) mass is 569 g/mol. The van der Waals surface area contributed by atoms with Crippen molar-refractivity contribution in [3.63, 3.8) is 0 Å². The molecule has 0 radical (unpaired) electrons. The molecule has 0 spiro atoms. The van der Waals surface area contributed by atoms with Crippen molar-refractivity contribution < 1.29 is 39.7 Å². The molecule has 2 heterocycles. The molecule has 0 aromatic heterocycles. The van der Waals surface area contributed by atoms with Gasteiger partial charge >= 0.3 is 0 Å². The van der Waals surface area contributed by atoms with Gasteiger partial charge in [-0.2, -0.15) is 0 Å². The van der Waals surface area contributed by atoms with Gasteiger partial charge in [-0.25, -0.2) is 0 Å². The highest BCUT2D eigenvalue weighted by atomic mass is 16.5. The van der Waals surface area contributed by atoms with Gasteiger partial charge in [-0.15, -0.1) is 0 Å². The predicted octanol–water partition coefficient (Wildman–Crippen LogP) is -3.57. The first-order chi connectivity index (χ1) is 18.9. The van der Waals surface area contributed by atoms with Crippen LogP contribution >= 0.6 is 0 Å². The van der Waals surface area contributed by atoms with E-state index >= 15 is 0 Å². The average Bonchev–Trinajstić information content (AvgIpc) is 2.94. The van der Waals surface area contributed by atoms with Crippen LogP contribution in [0.2, 0.25) is 0 Å². The molecular weight excluding hydrogens is 522 g/mol. The van der Waals surface area contributed by atoms with E-state index in [9.17, 15) is 25.5 Å². The summed E-state index contributed by atoms with van der Waals surface area (Å²) in [6.45, 7) is 1.56. The number of hydrogen-bond donors (Lipinski definition) is 10. The highest BCUT2D eigenvalue weighted by molar-refractivity contribution is 5.15. The zero-order valence-corrected chi connectivity index (χ0v) is 22.9. The van der Waals surface area contributed by atoms with Gasteiger partial charge in [-0.1, -0.05) is 30.3 Å². The van der Waals surface area contributed by atoms with E-state index < -0.39 is 90.4 Å². The topological polar surface area (TPSA) is 259 Å². The van der Waals surface area contributed by atoms with E-state index in [4.69, 9.17) is 42.9 Å². The number of hydrogen-bond acceptors (Lipinski definition) is 13. The number of ether oxygens (including phenoxy) is 3. The molecule has 13 nitrogen and oxygen atoms in total. The SMILES string of the molecule is C[C@H]1O[C@@H]([C@H]2[C@H]([C@H]3O[C@H](CN)[C@@H](O)[C@H](O)[C@H]3N)[C@@H](N)C[C@](N)(OCc3ccccc3)[C@@H]2O)[C@H](O)[C@@H](CCO)[C@@H]1N. The number of benzene rings is 1. The van der Waals surface area contributed by atoms with E-state index in [0.717, 1.165) is 5.56 Å². The zero-order chi connectivity index (χ0) is 29.4. The molecule has 13 heteroatoms. The molecule has 1 saturated carbocycles. The van der Waals surface area contributed by atoms with Crippen LogP contribution in [0.1, 0.15) is 25.3 Å². The molecule has 0 unspecified atom stereocenters. The second-order valence-electron chi connectivity index (χ2n) is 11.7. The van der Waals surface area contributed by atoms with Gasteiger partial charge in [0.15, 0.2) is 0 Å². The summed E-state index contributed by atoms with van der Waals surface area (Å²) in [5.74, 6) is -2.34. The Morgan fingerprint density at radius 1 is 0.925 bits per heavy atom. The number of aliphatic hydroxyl groups is 5. The Kier molecular flexibility index (Phi) is 10.2. The lowest BCUT2D eigenvalue weighted by atomic mass is 9.61. The first-order valence-electron chi connectivity index (χ1n) is 14.0. The maximum atomic E-state index is 11.9. The molecule has 2 saturated heterocycles. The van der Waals surface area contributed by atoms with Gasteiger partial charge in [-0.3, -0.25) is 0 Å². The Bertz CT molecular complexity index is 949. The summed E-state index contributed by atoms with van der Waals surface area (Å²) in [4.78, 5) is 0. The lowest BCUT2D eigenvalue weighted by molar-refractivity contribution is -0.268. The first kappa shape index (κ1) is 31.6. The van der Waals surface area contributed by atoms with Gasteiger partial charge in [0.1, 0.15) is 24.0 Å². The van der Waals surface area contributed by atoms with E-state index in [1.54, 1.807) is 6.92 Å². The minimum Gasteiger partial charge on any atom is -0.396 e. The van der Waals surface area contributed by atoms with Crippen molar-refractivity contribution >= 4 is 0 Å². The van der Waals surface area contributed by atoms with E-state index in [1.165, 1.54) is 0 Å². The van der Waals surface area contributed by atoms with Crippen molar-refractivity contribution in [2.24, 2.45) is 46.4 Å². The molecule has 1 aromatic rings. The molecule has 2 aliphatic heterocycles. The Labute approximate surface area is 234 Å². The molecule has 15 atom stereocenters. The summed E-state index contributed by atoms with van der Waals surface area (Å²) in [5, 5.41) is 54.4. The minimum atomic E-state index is -1.64. The van der Waals surface area contributed by atoms with Gasteiger partial charge in [0.25, 0.3) is 0 Å². The molecule has 1 aliphatic carbocycles. The highest BCUT2D eigenvalue weighted by Gasteiger charge is 2.61. The lowest BCUT2D eigenvalue weighted by Crippen LogP contribution is -2.75. The molecule has 3 aliphatic rings. The summed E-state index contributed by atoms with van der Waals surface area (Å²) in [6.07, 6.45) is -8.60. The fraction of sp³-hybridized carbons (Fsp3) is 0.778. The van der Waals surface area contributed by atoms with Crippen LogP contribution in [0.3, 0.4) is 0 Å². The van der Waals surface area contributed by atoms with Crippen molar-refractivity contribution in [3.05, 3.63) is 35.9 Å². The van der Waals surface area contributed by atoms with Crippen molar-refractivity contribution in [3.8, 4) is 0 Å². The standard InChI is InChI=1S/C27H47N5O8/c1-12-19(30)14(7-8-33)21(34)25(39-12)18-17(24-20(31)23(36)22(35)16(10-28)40-24)15(29)9-27(32,26(18)37)38-11-13-5-3-2-4-6-13/h2-6,12,14-26,33-37H,7-11,28-32H2,1H3/t12-,14+,15+,16-,17-,18-,19-,20-,21-,22-,23-,24-,25+,26-,27+/m1/s1. The summed E-state index contributed by atoms with van der Waals surface area (Å²) >= 11 is 0. The van der Waals surface area contributed by atoms with Crippen LogP contribution in [0.4, 0.5) is 0 Å². The Balaban J connectivity index is 1.73. The molecule has 40 heavy (non-hydrogen) atoms. The molecule has 228 valence electrons. The Morgan fingerprint density at radius 3 is 2.23 bits per heavy atom. The molecule has 3 fully saturated rings. The normalized spacial score (nSPS) is 48.2. The van der Waals surface area contributed by atoms with Crippen LogP contribution in [0.25, 0.3) is 0 Å². The smallest absolute Gasteiger partial charge is 0.145 e. The van der Waals surface area contributed by atoms with Crippen LogP contribution in [0.15, 0.2) is 30.3 Å². The maximum absolute atomic E-state index is 11.9. The molecule has 0 amide bonds.